The van der Waals surface area contributed by atoms with Crippen molar-refractivity contribution < 1.29 is 14.4 Å². The molecule has 172 valence electrons. The zero-order valence-electron chi connectivity index (χ0n) is 18.5. The molecule has 3 aromatic rings. The molecule has 2 aromatic carbocycles. The summed E-state index contributed by atoms with van der Waals surface area (Å²) < 4.78 is 1.77. The van der Waals surface area contributed by atoms with Crippen LogP contribution in [0.15, 0.2) is 60.8 Å². The van der Waals surface area contributed by atoms with Gasteiger partial charge in [0.15, 0.2) is 0 Å². The van der Waals surface area contributed by atoms with E-state index in [1.807, 2.05) is 24.4 Å². The summed E-state index contributed by atoms with van der Waals surface area (Å²) in [6, 6.07) is 16.6. The molecule has 4 N–H and O–H groups in total. The van der Waals surface area contributed by atoms with Crippen molar-refractivity contribution in [3.8, 4) is 0 Å². The Labute approximate surface area is 192 Å². The van der Waals surface area contributed by atoms with E-state index in [4.69, 9.17) is 5.73 Å². The number of aromatic nitrogens is 3. The molecule has 0 aliphatic carbocycles. The second-order valence-electron chi connectivity index (χ2n) is 7.87. The molecule has 0 saturated carbocycles. The minimum absolute atomic E-state index is 0.161. The number of carbonyl (C=O) groups is 3. The van der Waals surface area contributed by atoms with Crippen LogP contribution in [0.5, 0.6) is 0 Å². The van der Waals surface area contributed by atoms with Crippen molar-refractivity contribution in [3.05, 3.63) is 77.6 Å². The minimum atomic E-state index is -0.562. The van der Waals surface area contributed by atoms with E-state index in [9.17, 15) is 14.4 Å². The first-order chi connectivity index (χ1) is 15.9. The van der Waals surface area contributed by atoms with Crippen LogP contribution in [-0.4, -0.2) is 32.7 Å². The average molecular weight is 449 g/mol. The van der Waals surface area contributed by atoms with Crippen molar-refractivity contribution in [2.75, 3.05) is 5.32 Å². The van der Waals surface area contributed by atoms with E-state index in [0.29, 0.717) is 35.8 Å². The van der Waals surface area contributed by atoms with Crippen LogP contribution in [0.2, 0.25) is 0 Å². The average Bonchev–Trinajstić information content (AvgIpc) is 3.25. The number of primary amides is 1. The number of rotatable bonds is 11. The fourth-order valence-electron chi connectivity index (χ4n) is 3.34. The van der Waals surface area contributed by atoms with Gasteiger partial charge in [-0.05, 0) is 30.2 Å². The van der Waals surface area contributed by atoms with Crippen LogP contribution in [0, 0.1) is 0 Å². The van der Waals surface area contributed by atoms with Crippen molar-refractivity contribution in [1.29, 1.82) is 0 Å². The van der Waals surface area contributed by atoms with Gasteiger partial charge in [-0.25, -0.2) is 0 Å². The highest BCUT2D eigenvalue weighted by molar-refractivity contribution is 5.96. The lowest BCUT2D eigenvalue weighted by Gasteiger charge is -2.10. The maximum Gasteiger partial charge on any atom is 0.248 e. The van der Waals surface area contributed by atoms with E-state index >= 15 is 0 Å². The summed E-state index contributed by atoms with van der Waals surface area (Å²) in [6.45, 7) is 3.11. The molecule has 0 bridgehead atoms. The van der Waals surface area contributed by atoms with Gasteiger partial charge in [-0.15, -0.1) is 5.10 Å². The minimum Gasteiger partial charge on any atom is -0.366 e. The lowest BCUT2D eigenvalue weighted by Crippen LogP contribution is -2.23. The van der Waals surface area contributed by atoms with Gasteiger partial charge in [-0.3, -0.25) is 19.1 Å². The van der Waals surface area contributed by atoms with Gasteiger partial charge in [0.05, 0.1) is 12.7 Å². The van der Waals surface area contributed by atoms with Gasteiger partial charge in [0.2, 0.25) is 17.7 Å². The first-order valence-corrected chi connectivity index (χ1v) is 10.8. The molecule has 9 nitrogen and oxygen atoms in total. The maximum atomic E-state index is 12.1. The fraction of sp³-hybridized carbons (Fsp3) is 0.292. The molecule has 9 heteroatoms. The van der Waals surface area contributed by atoms with Crippen LogP contribution in [0.3, 0.4) is 0 Å². The maximum absolute atomic E-state index is 12.1. The quantitative estimate of drug-likeness (QED) is 0.415. The molecular weight excluding hydrogens is 420 g/mol. The van der Waals surface area contributed by atoms with Gasteiger partial charge in [-0.2, -0.15) is 0 Å². The summed E-state index contributed by atoms with van der Waals surface area (Å²) in [5.41, 5.74) is 7.95. The molecule has 0 spiro atoms. The Morgan fingerprint density at radius 2 is 1.79 bits per heavy atom. The van der Waals surface area contributed by atoms with Crippen LogP contribution < -0.4 is 16.4 Å². The van der Waals surface area contributed by atoms with Gasteiger partial charge in [0.1, 0.15) is 5.69 Å². The fourth-order valence-corrected chi connectivity index (χ4v) is 3.34. The molecule has 0 radical (unpaired) electrons. The zero-order valence-corrected chi connectivity index (χ0v) is 18.5. The number of hydrogen-bond donors (Lipinski definition) is 3. The Morgan fingerprint density at radius 1 is 1.03 bits per heavy atom. The summed E-state index contributed by atoms with van der Waals surface area (Å²) in [5, 5.41) is 13.7. The summed E-state index contributed by atoms with van der Waals surface area (Å²) in [6.07, 6.45) is 2.62. The van der Waals surface area contributed by atoms with E-state index in [1.54, 1.807) is 22.9 Å². The van der Waals surface area contributed by atoms with Gasteiger partial charge in [-0.1, -0.05) is 48.5 Å². The third kappa shape index (κ3) is 7.57. The standard InChI is InChI=1S/C24H28N6O3/c1-17(18-7-3-2-4-8-18)15-30-16-21(28-29-30)14-26-22(31)11-6-12-23(32)27-20-10-5-9-19(13-20)24(25)33/h2-5,7-10,13,16-17H,6,11-12,14-15H2,1H3,(H2,25,33)(H,26,31)(H,27,32)/t17-/m0/s1. The highest BCUT2D eigenvalue weighted by Gasteiger charge is 2.10. The Balaban J connectivity index is 1.35. The summed E-state index contributed by atoms with van der Waals surface area (Å²) in [5.74, 6) is -0.668. The monoisotopic (exact) mass is 448 g/mol. The number of nitrogens with zero attached hydrogens (tertiary/aromatic N) is 3. The number of anilines is 1. The van der Waals surface area contributed by atoms with E-state index in [2.05, 4.69) is 40.0 Å². The molecule has 0 fully saturated rings. The van der Waals surface area contributed by atoms with Crippen LogP contribution in [0.1, 0.15) is 53.7 Å². The number of benzene rings is 2. The van der Waals surface area contributed by atoms with Crippen LogP contribution in [0.25, 0.3) is 0 Å². The summed E-state index contributed by atoms with van der Waals surface area (Å²) in [4.78, 5) is 35.4. The lowest BCUT2D eigenvalue weighted by atomic mass is 10.0. The number of hydrogen-bond acceptors (Lipinski definition) is 5. The smallest absolute Gasteiger partial charge is 0.248 e. The highest BCUT2D eigenvalue weighted by atomic mass is 16.2. The number of nitrogens with two attached hydrogens (primary N) is 1. The first-order valence-electron chi connectivity index (χ1n) is 10.8. The molecule has 3 rings (SSSR count). The third-order valence-electron chi connectivity index (χ3n) is 5.12. The second-order valence-corrected chi connectivity index (χ2v) is 7.87. The van der Waals surface area contributed by atoms with E-state index < -0.39 is 5.91 Å². The number of amides is 3. The molecule has 0 aliphatic rings. The number of nitrogens with one attached hydrogen (secondary N) is 2. The zero-order chi connectivity index (χ0) is 23.6. The Hall–Kier alpha value is -4.01. The number of carbonyl (C=O) groups excluding carboxylic acids is 3. The molecule has 33 heavy (non-hydrogen) atoms. The van der Waals surface area contributed by atoms with Crippen LogP contribution >= 0.6 is 0 Å². The Morgan fingerprint density at radius 3 is 2.55 bits per heavy atom. The van der Waals surface area contributed by atoms with Gasteiger partial charge in [0.25, 0.3) is 0 Å². The van der Waals surface area contributed by atoms with E-state index in [0.717, 1.165) is 0 Å². The molecular formula is C24H28N6O3. The molecule has 1 heterocycles. The Kier molecular flexibility index (Phi) is 8.29. The van der Waals surface area contributed by atoms with Crippen molar-refractivity contribution in [3.63, 3.8) is 0 Å². The Bertz CT molecular complexity index is 1100. The summed E-state index contributed by atoms with van der Waals surface area (Å²) in [7, 11) is 0. The van der Waals surface area contributed by atoms with Crippen molar-refractivity contribution in [2.24, 2.45) is 5.73 Å². The second kappa shape index (κ2) is 11.6. The third-order valence-corrected chi connectivity index (χ3v) is 5.12. The van der Waals surface area contributed by atoms with Gasteiger partial charge < -0.3 is 16.4 Å². The molecule has 0 saturated heterocycles. The first kappa shape index (κ1) is 23.6. The van der Waals surface area contributed by atoms with Crippen LogP contribution in [0.4, 0.5) is 5.69 Å². The largest absolute Gasteiger partial charge is 0.366 e. The molecule has 0 unspecified atom stereocenters. The predicted molar refractivity (Wildman–Crippen MR) is 124 cm³/mol. The van der Waals surface area contributed by atoms with Crippen molar-refractivity contribution >= 4 is 23.4 Å². The van der Waals surface area contributed by atoms with Crippen molar-refractivity contribution in [1.82, 2.24) is 20.3 Å². The molecule has 1 atom stereocenters. The lowest BCUT2D eigenvalue weighted by molar-refractivity contribution is -0.121. The van der Waals surface area contributed by atoms with E-state index in [1.165, 1.54) is 11.6 Å². The highest BCUT2D eigenvalue weighted by Crippen LogP contribution is 2.16. The van der Waals surface area contributed by atoms with Crippen LogP contribution in [-0.2, 0) is 22.7 Å². The summed E-state index contributed by atoms with van der Waals surface area (Å²) >= 11 is 0. The molecule has 1 aromatic heterocycles. The van der Waals surface area contributed by atoms with E-state index in [-0.39, 0.29) is 31.2 Å². The predicted octanol–water partition coefficient (Wildman–Crippen LogP) is 2.61. The SMILES string of the molecule is C[C@@H](Cn1cc(CNC(=O)CCCC(=O)Nc2cccc(C(N)=O)c2)nn1)c1ccccc1. The van der Waals surface area contributed by atoms with Gasteiger partial charge >= 0.3 is 0 Å². The normalized spacial score (nSPS) is 11.5. The van der Waals surface area contributed by atoms with Crippen molar-refractivity contribution in [2.45, 2.75) is 45.2 Å². The molecule has 0 aliphatic heterocycles. The topological polar surface area (TPSA) is 132 Å². The molecule has 3 amide bonds. The van der Waals surface area contributed by atoms with Gasteiger partial charge in [0, 0.05) is 36.6 Å².